The summed E-state index contributed by atoms with van der Waals surface area (Å²) < 4.78 is 35.5. The number of rotatable bonds is 8. The molecule has 0 aliphatic heterocycles. The number of hydrogen-bond donors (Lipinski definition) is 0. The lowest BCUT2D eigenvalue weighted by molar-refractivity contribution is -0.133. The number of ether oxygens (including phenoxy) is 2. The fourth-order valence-electron chi connectivity index (χ4n) is 2.89. The summed E-state index contributed by atoms with van der Waals surface area (Å²) in [5.74, 6) is -1.05. The van der Waals surface area contributed by atoms with Gasteiger partial charge in [0.05, 0.1) is 11.8 Å². The molecule has 164 valence electrons. The van der Waals surface area contributed by atoms with Gasteiger partial charge in [-0.25, -0.2) is 14.5 Å². The summed E-state index contributed by atoms with van der Waals surface area (Å²) >= 11 is 0. The molecular formula is C21H22F2N4O4. The highest BCUT2D eigenvalue weighted by Crippen LogP contribution is 2.18. The number of nitrogens with zero attached hydrogens (tertiary/aromatic N) is 4. The van der Waals surface area contributed by atoms with E-state index in [1.807, 2.05) is 13.8 Å². The molecule has 8 nitrogen and oxygen atoms in total. The molecule has 0 unspecified atom stereocenters. The van der Waals surface area contributed by atoms with Crippen molar-refractivity contribution < 1.29 is 27.8 Å². The number of hydrogen-bond acceptors (Lipinski definition) is 6. The first kappa shape index (κ1) is 22.1. The van der Waals surface area contributed by atoms with Crippen LogP contribution in [0.25, 0.3) is 11.0 Å². The maximum Gasteiger partial charge on any atom is 0.387 e. The maximum absolute atomic E-state index is 12.3. The first-order chi connectivity index (χ1) is 14.7. The number of likely N-dealkylation sites (N-methyl/N-ethyl adjacent to an activating group) is 1. The molecule has 2 aromatic heterocycles. The van der Waals surface area contributed by atoms with Gasteiger partial charge in [0.25, 0.3) is 5.91 Å². The van der Waals surface area contributed by atoms with Crippen LogP contribution in [0.1, 0.15) is 35.8 Å². The van der Waals surface area contributed by atoms with Crippen molar-refractivity contribution >= 4 is 22.9 Å². The van der Waals surface area contributed by atoms with Crippen LogP contribution in [-0.2, 0) is 16.1 Å². The molecule has 1 amide bonds. The Kier molecular flexibility index (Phi) is 6.78. The van der Waals surface area contributed by atoms with Crippen molar-refractivity contribution in [2.24, 2.45) is 0 Å². The van der Waals surface area contributed by atoms with Gasteiger partial charge in [0.2, 0.25) is 0 Å². The van der Waals surface area contributed by atoms with E-state index in [-0.39, 0.29) is 23.9 Å². The van der Waals surface area contributed by atoms with Crippen molar-refractivity contribution in [2.45, 2.75) is 33.0 Å². The molecule has 3 aromatic rings. The number of amides is 1. The molecule has 10 heteroatoms. The number of carbonyl (C=O) groups is 2. The molecule has 31 heavy (non-hydrogen) atoms. The molecule has 3 rings (SSSR count). The maximum atomic E-state index is 12.3. The second-order valence-corrected chi connectivity index (χ2v) is 7.17. The van der Waals surface area contributed by atoms with Crippen molar-refractivity contribution in [2.75, 3.05) is 13.7 Å². The Morgan fingerprint density at radius 3 is 2.52 bits per heavy atom. The first-order valence-corrected chi connectivity index (χ1v) is 9.52. The largest absolute Gasteiger partial charge is 0.452 e. The van der Waals surface area contributed by atoms with Gasteiger partial charge in [-0.15, -0.1) is 0 Å². The van der Waals surface area contributed by atoms with Crippen LogP contribution in [0.4, 0.5) is 8.78 Å². The number of fused-ring (bicyclic) bond motifs is 1. The van der Waals surface area contributed by atoms with Crippen LogP contribution in [0, 0.1) is 0 Å². The van der Waals surface area contributed by atoms with Crippen molar-refractivity contribution in [1.82, 2.24) is 19.7 Å². The topological polar surface area (TPSA) is 86.6 Å². The molecule has 0 bridgehead atoms. The average molecular weight is 432 g/mol. The number of halogens is 2. The fraction of sp³-hybridized carbons (Fsp3) is 0.333. The zero-order chi connectivity index (χ0) is 22.5. The van der Waals surface area contributed by atoms with Crippen LogP contribution in [0.5, 0.6) is 5.75 Å². The van der Waals surface area contributed by atoms with E-state index in [1.54, 1.807) is 36.1 Å². The van der Waals surface area contributed by atoms with E-state index in [1.165, 1.54) is 23.2 Å². The van der Waals surface area contributed by atoms with Crippen LogP contribution in [0.3, 0.4) is 0 Å². The van der Waals surface area contributed by atoms with E-state index in [0.717, 1.165) is 0 Å². The lowest BCUT2D eigenvalue weighted by atomic mass is 10.2. The highest BCUT2D eigenvalue weighted by atomic mass is 19.3. The molecule has 0 saturated heterocycles. The highest BCUT2D eigenvalue weighted by Gasteiger charge is 2.16. The van der Waals surface area contributed by atoms with Gasteiger partial charge in [-0.3, -0.25) is 4.79 Å². The van der Waals surface area contributed by atoms with Crippen LogP contribution in [0.15, 0.2) is 42.7 Å². The number of carbonyl (C=O) groups excluding carboxylic acids is 2. The minimum absolute atomic E-state index is 0.0335. The minimum Gasteiger partial charge on any atom is -0.452 e. The highest BCUT2D eigenvalue weighted by molar-refractivity contribution is 5.94. The number of esters is 1. The standard InChI is InChI=1S/C21H22F2N4O4/c1-13(2)27-19-15(10-25-27)8-16(9-24-19)20(29)30-12-18(28)26(3)11-14-4-6-17(7-5-14)31-21(22)23/h4-10,13,21H,11-12H2,1-3H3. The Morgan fingerprint density at radius 1 is 1.16 bits per heavy atom. The lowest BCUT2D eigenvalue weighted by Gasteiger charge is -2.17. The Balaban J connectivity index is 1.54. The van der Waals surface area contributed by atoms with Crippen LogP contribution in [-0.4, -0.2) is 51.8 Å². The molecule has 0 spiro atoms. The lowest BCUT2D eigenvalue weighted by Crippen LogP contribution is -2.30. The molecule has 0 fully saturated rings. The van der Waals surface area contributed by atoms with Gasteiger partial charge in [0.1, 0.15) is 5.75 Å². The summed E-state index contributed by atoms with van der Waals surface area (Å²) in [5, 5.41) is 4.95. The third-order valence-electron chi connectivity index (χ3n) is 4.48. The fourth-order valence-corrected chi connectivity index (χ4v) is 2.89. The molecule has 0 aliphatic rings. The summed E-state index contributed by atoms with van der Waals surface area (Å²) in [4.78, 5) is 30.2. The Hall–Kier alpha value is -3.56. The monoisotopic (exact) mass is 432 g/mol. The Morgan fingerprint density at radius 2 is 1.87 bits per heavy atom. The van der Waals surface area contributed by atoms with E-state index >= 15 is 0 Å². The van der Waals surface area contributed by atoms with Crippen LogP contribution < -0.4 is 4.74 Å². The Labute approximate surface area is 177 Å². The van der Waals surface area contributed by atoms with Crippen LogP contribution >= 0.6 is 0 Å². The Bertz CT molecular complexity index is 1070. The number of benzene rings is 1. The zero-order valence-electron chi connectivity index (χ0n) is 17.3. The molecule has 0 atom stereocenters. The van der Waals surface area contributed by atoms with Crippen molar-refractivity contribution in [1.29, 1.82) is 0 Å². The van der Waals surface area contributed by atoms with E-state index in [9.17, 15) is 18.4 Å². The van der Waals surface area contributed by atoms with Crippen LogP contribution in [0.2, 0.25) is 0 Å². The van der Waals surface area contributed by atoms with E-state index in [0.29, 0.717) is 16.6 Å². The van der Waals surface area contributed by atoms with Gasteiger partial charge in [0, 0.05) is 31.2 Å². The van der Waals surface area contributed by atoms with E-state index in [2.05, 4.69) is 14.8 Å². The van der Waals surface area contributed by atoms with Crippen molar-refractivity contribution in [3.8, 4) is 5.75 Å². The molecular weight excluding hydrogens is 410 g/mol. The van der Waals surface area contributed by atoms with Gasteiger partial charge < -0.3 is 14.4 Å². The number of pyridine rings is 1. The molecule has 0 radical (unpaired) electrons. The third kappa shape index (κ3) is 5.53. The second kappa shape index (κ2) is 9.50. The second-order valence-electron chi connectivity index (χ2n) is 7.17. The van der Waals surface area contributed by atoms with Crippen molar-refractivity contribution in [3.63, 3.8) is 0 Å². The molecule has 0 N–H and O–H groups in total. The van der Waals surface area contributed by atoms with Gasteiger partial charge in [-0.2, -0.15) is 13.9 Å². The number of alkyl halides is 2. The summed E-state index contributed by atoms with van der Waals surface area (Å²) in [5.41, 5.74) is 1.59. The van der Waals surface area contributed by atoms with Gasteiger partial charge in [0.15, 0.2) is 12.3 Å². The summed E-state index contributed by atoms with van der Waals surface area (Å²) in [7, 11) is 1.55. The zero-order valence-corrected chi connectivity index (χ0v) is 17.3. The van der Waals surface area contributed by atoms with E-state index in [4.69, 9.17) is 4.74 Å². The van der Waals surface area contributed by atoms with Gasteiger partial charge in [-0.05, 0) is 37.6 Å². The van der Waals surface area contributed by atoms with Crippen molar-refractivity contribution in [3.05, 3.63) is 53.9 Å². The SMILES string of the molecule is CC(C)n1ncc2cc(C(=O)OCC(=O)N(C)Cc3ccc(OC(F)F)cc3)cnc21. The summed E-state index contributed by atoms with van der Waals surface area (Å²) in [6, 6.07) is 7.68. The molecule has 1 aromatic carbocycles. The predicted molar refractivity (Wildman–Crippen MR) is 108 cm³/mol. The average Bonchev–Trinajstić information content (AvgIpc) is 3.16. The molecule has 0 aliphatic carbocycles. The minimum atomic E-state index is -2.90. The molecule has 2 heterocycles. The predicted octanol–water partition coefficient (Wildman–Crippen LogP) is 3.43. The first-order valence-electron chi connectivity index (χ1n) is 9.52. The number of aromatic nitrogens is 3. The van der Waals surface area contributed by atoms with Gasteiger partial charge in [-0.1, -0.05) is 12.1 Å². The van der Waals surface area contributed by atoms with Gasteiger partial charge >= 0.3 is 12.6 Å². The van der Waals surface area contributed by atoms with E-state index < -0.39 is 25.1 Å². The third-order valence-corrected chi connectivity index (χ3v) is 4.48. The summed E-state index contributed by atoms with van der Waals surface area (Å²) in [6.07, 6.45) is 3.01. The summed E-state index contributed by atoms with van der Waals surface area (Å²) in [6.45, 7) is 0.832. The molecule has 0 saturated carbocycles. The quantitative estimate of drug-likeness (QED) is 0.507. The smallest absolute Gasteiger partial charge is 0.387 e. The normalized spacial score (nSPS) is 11.2.